The van der Waals surface area contributed by atoms with Gasteiger partial charge in [0.2, 0.25) is 0 Å². The Balaban J connectivity index is 1.75. The lowest BCUT2D eigenvalue weighted by molar-refractivity contribution is -0.140. The zero-order chi connectivity index (χ0) is 14.2. The number of nitrogens with one attached hydrogen (secondary N) is 1. The summed E-state index contributed by atoms with van der Waals surface area (Å²) in [7, 11) is 1.41. The summed E-state index contributed by atoms with van der Waals surface area (Å²) in [6, 6.07) is 12.0. The third-order valence-electron chi connectivity index (χ3n) is 2.93. The van der Waals surface area contributed by atoms with Crippen molar-refractivity contribution in [2.75, 3.05) is 13.7 Å². The number of carbonyl (C=O) groups excluding carboxylic acids is 1. The van der Waals surface area contributed by atoms with Crippen molar-refractivity contribution in [3.05, 3.63) is 48.3 Å². The van der Waals surface area contributed by atoms with Gasteiger partial charge in [-0.05, 0) is 31.2 Å². The monoisotopic (exact) mass is 273 g/mol. The van der Waals surface area contributed by atoms with Crippen molar-refractivity contribution in [3.63, 3.8) is 0 Å². The number of aromatic nitrogens is 2. The van der Waals surface area contributed by atoms with Gasteiger partial charge in [-0.3, -0.25) is 4.79 Å². The Morgan fingerprint density at radius 3 is 2.85 bits per heavy atom. The van der Waals surface area contributed by atoms with Crippen LogP contribution in [-0.4, -0.2) is 29.4 Å². The molecule has 2 aromatic rings. The molecule has 1 aromatic carbocycles. The number of benzene rings is 1. The van der Waals surface area contributed by atoms with Gasteiger partial charge in [0.05, 0.1) is 18.5 Å². The van der Waals surface area contributed by atoms with Crippen LogP contribution in [0, 0.1) is 0 Å². The summed E-state index contributed by atoms with van der Waals surface area (Å²) in [5.74, 6) is -0.167. The normalized spacial score (nSPS) is 10.4. The largest absolute Gasteiger partial charge is 0.469 e. The molecule has 0 radical (unpaired) electrons. The number of esters is 1. The predicted molar refractivity (Wildman–Crippen MR) is 76.5 cm³/mol. The highest BCUT2D eigenvalue weighted by atomic mass is 16.5. The molecular formula is C15H19N3O2. The predicted octanol–water partition coefficient (Wildman–Crippen LogP) is 1.92. The van der Waals surface area contributed by atoms with Crippen molar-refractivity contribution in [1.29, 1.82) is 0 Å². The molecular weight excluding hydrogens is 254 g/mol. The van der Waals surface area contributed by atoms with Gasteiger partial charge in [-0.25, -0.2) is 4.68 Å². The molecule has 106 valence electrons. The van der Waals surface area contributed by atoms with Crippen LogP contribution in [0.3, 0.4) is 0 Å². The molecule has 20 heavy (non-hydrogen) atoms. The molecule has 0 unspecified atom stereocenters. The minimum atomic E-state index is -0.167. The van der Waals surface area contributed by atoms with E-state index in [-0.39, 0.29) is 5.97 Å². The first kappa shape index (κ1) is 14.3. The molecule has 5 heteroatoms. The molecule has 1 N–H and O–H groups in total. The van der Waals surface area contributed by atoms with Gasteiger partial charge in [0.15, 0.2) is 0 Å². The number of para-hydroxylation sites is 1. The van der Waals surface area contributed by atoms with Crippen LogP contribution in [-0.2, 0) is 16.1 Å². The summed E-state index contributed by atoms with van der Waals surface area (Å²) in [6.07, 6.45) is 3.16. The summed E-state index contributed by atoms with van der Waals surface area (Å²) >= 11 is 0. The van der Waals surface area contributed by atoms with Gasteiger partial charge in [-0.1, -0.05) is 18.2 Å². The van der Waals surface area contributed by atoms with Crippen molar-refractivity contribution >= 4 is 5.97 Å². The molecule has 0 spiro atoms. The lowest BCUT2D eigenvalue weighted by Crippen LogP contribution is -2.16. The van der Waals surface area contributed by atoms with E-state index in [1.54, 1.807) is 0 Å². The third kappa shape index (κ3) is 4.20. The van der Waals surface area contributed by atoms with E-state index in [0.29, 0.717) is 13.0 Å². The fourth-order valence-electron chi connectivity index (χ4n) is 1.86. The van der Waals surface area contributed by atoms with Gasteiger partial charge in [0.1, 0.15) is 0 Å². The second kappa shape index (κ2) is 7.45. The molecule has 5 nitrogen and oxygen atoms in total. The Labute approximate surface area is 118 Å². The Morgan fingerprint density at radius 1 is 1.30 bits per heavy atom. The number of ether oxygens (including phenoxy) is 1. The maximum absolute atomic E-state index is 10.9. The first-order chi connectivity index (χ1) is 9.79. The van der Waals surface area contributed by atoms with E-state index in [2.05, 4.69) is 15.2 Å². The smallest absolute Gasteiger partial charge is 0.305 e. The minimum absolute atomic E-state index is 0.167. The van der Waals surface area contributed by atoms with Gasteiger partial charge >= 0.3 is 5.97 Å². The molecule has 1 aromatic heterocycles. The molecule has 0 aliphatic rings. The van der Waals surface area contributed by atoms with Gasteiger partial charge in [-0.2, -0.15) is 5.10 Å². The third-order valence-corrected chi connectivity index (χ3v) is 2.93. The van der Waals surface area contributed by atoms with E-state index in [1.165, 1.54) is 7.11 Å². The Kier molecular flexibility index (Phi) is 5.32. The molecule has 0 aliphatic carbocycles. The lowest BCUT2D eigenvalue weighted by Gasteiger charge is -2.02. The van der Waals surface area contributed by atoms with E-state index in [1.807, 2.05) is 47.3 Å². The highest BCUT2D eigenvalue weighted by Gasteiger charge is 2.02. The van der Waals surface area contributed by atoms with Crippen molar-refractivity contribution < 1.29 is 9.53 Å². The van der Waals surface area contributed by atoms with Gasteiger partial charge < -0.3 is 10.1 Å². The van der Waals surface area contributed by atoms with Crippen molar-refractivity contribution in [2.24, 2.45) is 0 Å². The Hall–Kier alpha value is -2.14. The van der Waals surface area contributed by atoms with Gasteiger partial charge in [0.25, 0.3) is 0 Å². The van der Waals surface area contributed by atoms with E-state index in [0.717, 1.165) is 24.3 Å². The number of methoxy groups -OCH3 is 1. The average Bonchev–Trinajstić information content (AvgIpc) is 2.96. The summed E-state index contributed by atoms with van der Waals surface area (Å²) in [4.78, 5) is 10.9. The summed E-state index contributed by atoms with van der Waals surface area (Å²) in [5.41, 5.74) is 2.02. The lowest BCUT2D eigenvalue weighted by atomic mass is 10.3. The van der Waals surface area contributed by atoms with E-state index in [4.69, 9.17) is 0 Å². The molecule has 2 rings (SSSR count). The van der Waals surface area contributed by atoms with E-state index >= 15 is 0 Å². The second-order valence-electron chi connectivity index (χ2n) is 4.44. The number of carbonyl (C=O) groups is 1. The van der Waals surface area contributed by atoms with Crippen LogP contribution < -0.4 is 5.32 Å². The van der Waals surface area contributed by atoms with E-state index in [9.17, 15) is 4.79 Å². The van der Waals surface area contributed by atoms with Crippen molar-refractivity contribution in [1.82, 2.24) is 15.1 Å². The second-order valence-corrected chi connectivity index (χ2v) is 4.44. The minimum Gasteiger partial charge on any atom is -0.469 e. The molecule has 0 amide bonds. The topological polar surface area (TPSA) is 56.1 Å². The van der Waals surface area contributed by atoms with Crippen LogP contribution in [0.1, 0.15) is 18.5 Å². The fourth-order valence-corrected chi connectivity index (χ4v) is 1.86. The zero-order valence-electron chi connectivity index (χ0n) is 11.6. The Bertz CT molecular complexity index is 537. The standard InChI is InChI=1S/C15H19N3O2/c1-20-15(19)8-5-10-16-12-13-9-11-18(17-13)14-6-3-2-4-7-14/h2-4,6-7,9,11,16H,5,8,10,12H2,1H3. The maximum Gasteiger partial charge on any atom is 0.305 e. The Morgan fingerprint density at radius 2 is 2.10 bits per heavy atom. The molecule has 0 bridgehead atoms. The zero-order valence-corrected chi connectivity index (χ0v) is 11.6. The first-order valence-electron chi connectivity index (χ1n) is 6.67. The number of rotatable bonds is 7. The van der Waals surface area contributed by atoms with Crippen LogP contribution in [0.4, 0.5) is 0 Å². The summed E-state index contributed by atoms with van der Waals surface area (Å²) < 4.78 is 6.44. The van der Waals surface area contributed by atoms with Crippen LogP contribution in [0.25, 0.3) is 5.69 Å². The molecule has 0 fully saturated rings. The average molecular weight is 273 g/mol. The number of hydrogen-bond donors (Lipinski definition) is 1. The van der Waals surface area contributed by atoms with Crippen molar-refractivity contribution in [3.8, 4) is 5.69 Å². The molecule has 0 saturated carbocycles. The molecule has 0 atom stereocenters. The molecule has 1 heterocycles. The quantitative estimate of drug-likeness (QED) is 0.618. The summed E-state index contributed by atoms with van der Waals surface area (Å²) in [6.45, 7) is 1.47. The van der Waals surface area contributed by atoms with Gasteiger partial charge in [0, 0.05) is 19.2 Å². The highest BCUT2D eigenvalue weighted by molar-refractivity contribution is 5.69. The van der Waals surface area contributed by atoms with Crippen LogP contribution in [0.5, 0.6) is 0 Å². The van der Waals surface area contributed by atoms with Crippen LogP contribution in [0.15, 0.2) is 42.6 Å². The fraction of sp³-hybridized carbons (Fsp3) is 0.333. The summed E-state index contributed by atoms with van der Waals surface area (Å²) in [5, 5.41) is 7.75. The van der Waals surface area contributed by atoms with Gasteiger partial charge in [-0.15, -0.1) is 0 Å². The van der Waals surface area contributed by atoms with Crippen LogP contribution in [0.2, 0.25) is 0 Å². The molecule has 0 saturated heterocycles. The highest BCUT2D eigenvalue weighted by Crippen LogP contribution is 2.06. The van der Waals surface area contributed by atoms with Crippen LogP contribution >= 0.6 is 0 Å². The number of hydrogen-bond acceptors (Lipinski definition) is 4. The maximum atomic E-state index is 10.9. The SMILES string of the molecule is COC(=O)CCCNCc1ccn(-c2ccccc2)n1. The first-order valence-corrected chi connectivity index (χ1v) is 6.67. The number of nitrogens with zero attached hydrogens (tertiary/aromatic N) is 2. The van der Waals surface area contributed by atoms with Crippen molar-refractivity contribution in [2.45, 2.75) is 19.4 Å². The van der Waals surface area contributed by atoms with E-state index < -0.39 is 0 Å². The molecule has 0 aliphatic heterocycles.